The first-order chi connectivity index (χ1) is 35.7. The number of benzene rings is 2. The average molecular weight is 995 g/mol. The zero-order valence-electron chi connectivity index (χ0n) is 42.3. The molecule has 2 N–H and O–H groups in total. The van der Waals surface area contributed by atoms with E-state index < -0.39 is 0 Å². The van der Waals surface area contributed by atoms with Crippen molar-refractivity contribution in [2.75, 3.05) is 119 Å². The van der Waals surface area contributed by atoms with Crippen LogP contribution in [0.2, 0.25) is 0 Å². The SMILES string of the molecule is C[C@@H]1COCCN1c1nc(N2CCOC[C@H]2C)c2ccc(-c3cccc(C(=O)NCCOCOCCNC(=O)c4cccc(-c5ccc6c(N7CCOC[C@@H]7C)nc(N7CCCC[C@@H]7C)nc6n5)c4)c3)nc2n1. The van der Waals surface area contributed by atoms with Crippen molar-refractivity contribution in [1.82, 2.24) is 40.5 Å². The van der Waals surface area contributed by atoms with Crippen LogP contribution in [0.4, 0.5) is 23.5 Å². The van der Waals surface area contributed by atoms with Crippen molar-refractivity contribution in [1.29, 1.82) is 0 Å². The zero-order valence-corrected chi connectivity index (χ0v) is 42.3. The summed E-state index contributed by atoms with van der Waals surface area (Å²) < 4.78 is 28.5. The quantitative estimate of drug-likeness (QED) is 0.0859. The summed E-state index contributed by atoms with van der Waals surface area (Å²) in [4.78, 5) is 66.0. The van der Waals surface area contributed by atoms with Crippen molar-refractivity contribution < 1.29 is 33.3 Å². The van der Waals surface area contributed by atoms with E-state index in [2.05, 4.69) is 57.9 Å². The topological polar surface area (TPSA) is 195 Å². The van der Waals surface area contributed by atoms with Crippen molar-refractivity contribution in [2.45, 2.75) is 71.1 Å². The number of nitrogens with zero attached hydrogens (tertiary/aromatic N) is 10. The molecule has 10 rings (SSSR count). The number of carbonyl (C=O) groups excluding carboxylic acids is 2. The maximum absolute atomic E-state index is 13.3. The maximum atomic E-state index is 13.3. The molecule has 4 aromatic heterocycles. The molecule has 4 fully saturated rings. The van der Waals surface area contributed by atoms with Gasteiger partial charge in [0.25, 0.3) is 11.8 Å². The van der Waals surface area contributed by atoms with Crippen molar-refractivity contribution in [3.63, 3.8) is 0 Å². The van der Waals surface area contributed by atoms with Crippen molar-refractivity contribution in [2.24, 2.45) is 0 Å². The fourth-order valence-corrected chi connectivity index (χ4v) is 9.98. The Morgan fingerprint density at radius 2 is 1.01 bits per heavy atom. The Balaban J connectivity index is 0.702. The van der Waals surface area contributed by atoms with Crippen LogP contribution < -0.4 is 30.2 Å². The third kappa shape index (κ3) is 11.5. The van der Waals surface area contributed by atoms with Gasteiger partial charge in [0.05, 0.1) is 93.1 Å². The Morgan fingerprint density at radius 3 is 1.48 bits per heavy atom. The Hall–Kier alpha value is -6.64. The minimum absolute atomic E-state index is 0.00790. The van der Waals surface area contributed by atoms with E-state index in [1.165, 1.54) is 6.42 Å². The number of aromatic nitrogens is 6. The Bertz CT molecular complexity index is 2720. The van der Waals surface area contributed by atoms with E-state index >= 15 is 0 Å². The highest BCUT2D eigenvalue weighted by atomic mass is 16.7. The van der Waals surface area contributed by atoms with Crippen LogP contribution in [-0.4, -0.2) is 165 Å². The van der Waals surface area contributed by atoms with Crippen LogP contribution in [0.3, 0.4) is 0 Å². The zero-order chi connectivity index (χ0) is 50.3. The number of ether oxygens (including phenoxy) is 5. The third-order valence-electron chi connectivity index (χ3n) is 14.1. The van der Waals surface area contributed by atoms with Gasteiger partial charge in [-0.05, 0) is 95.5 Å². The van der Waals surface area contributed by atoms with Gasteiger partial charge in [-0.2, -0.15) is 19.9 Å². The summed E-state index contributed by atoms with van der Waals surface area (Å²) in [5.74, 6) is 2.60. The third-order valence-corrected chi connectivity index (χ3v) is 14.1. The molecule has 73 heavy (non-hydrogen) atoms. The van der Waals surface area contributed by atoms with Gasteiger partial charge < -0.3 is 53.9 Å². The number of nitrogens with one attached hydrogen (secondary N) is 2. The summed E-state index contributed by atoms with van der Waals surface area (Å²) in [7, 11) is 0. The predicted octanol–water partition coefficient (Wildman–Crippen LogP) is 5.90. The number of piperidine rings is 1. The van der Waals surface area contributed by atoms with Crippen LogP contribution >= 0.6 is 0 Å². The van der Waals surface area contributed by atoms with Crippen molar-refractivity contribution in [3.05, 3.63) is 83.9 Å². The molecule has 4 saturated heterocycles. The first kappa shape index (κ1) is 49.9. The van der Waals surface area contributed by atoms with Gasteiger partial charge in [-0.3, -0.25) is 9.59 Å². The molecule has 0 saturated carbocycles. The second-order valence-corrected chi connectivity index (χ2v) is 19.3. The minimum atomic E-state index is -0.233. The molecule has 0 spiro atoms. The molecule has 6 aromatic rings. The Labute approximate surface area is 426 Å². The van der Waals surface area contributed by atoms with Gasteiger partial charge in [-0.1, -0.05) is 24.3 Å². The van der Waals surface area contributed by atoms with E-state index in [1.54, 1.807) is 12.1 Å². The maximum Gasteiger partial charge on any atom is 0.251 e. The van der Waals surface area contributed by atoms with E-state index in [-0.39, 0.29) is 63.0 Å². The molecular formula is C54H66N12O7. The molecule has 0 bridgehead atoms. The number of rotatable bonds is 16. The second-order valence-electron chi connectivity index (χ2n) is 19.3. The highest BCUT2D eigenvalue weighted by Crippen LogP contribution is 2.34. The fourth-order valence-electron chi connectivity index (χ4n) is 9.98. The normalized spacial score (nSPS) is 20.7. The lowest BCUT2D eigenvalue weighted by Crippen LogP contribution is -2.46. The van der Waals surface area contributed by atoms with Crippen LogP contribution in [0.15, 0.2) is 72.8 Å². The Kier molecular flexibility index (Phi) is 15.8. The van der Waals surface area contributed by atoms with E-state index in [1.807, 2.05) is 60.7 Å². The highest BCUT2D eigenvalue weighted by Gasteiger charge is 2.30. The summed E-state index contributed by atoms with van der Waals surface area (Å²) in [5, 5.41) is 7.62. The van der Waals surface area contributed by atoms with E-state index in [9.17, 15) is 9.59 Å². The predicted molar refractivity (Wildman–Crippen MR) is 281 cm³/mol. The fraction of sp³-hybridized carbons (Fsp3) is 0.481. The molecule has 4 aliphatic rings. The standard InChI is InChI=1S/C54H66N12O7/c1-35-9-5-6-20-65(35)53-59-47-43(49(61-53)63-21-26-69-31-36(63)2)14-16-45(57-47)39-10-7-12-41(29-39)51(67)55-18-24-72-34-73-25-19-56-52(68)42-13-8-11-40(30-42)46-17-15-44-48(58-46)60-54(66-23-28-71-33-38(66)4)62-50(44)64-22-27-70-32-37(64)3/h7-8,10-17,29-30,35-38H,5-6,9,18-28,31-34H2,1-4H3,(H,55,67)(H,56,68)/t35-,36-,37+,38+/m0/s1. The lowest BCUT2D eigenvalue weighted by atomic mass is 10.0. The van der Waals surface area contributed by atoms with Crippen molar-refractivity contribution in [3.8, 4) is 22.5 Å². The molecule has 384 valence electrons. The van der Waals surface area contributed by atoms with Gasteiger partial charge in [-0.15, -0.1) is 0 Å². The van der Waals surface area contributed by atoms with E-state index in [4.69, 9.17) is 53.6 Å². The number of hydrogen-bond donors (Lipinski definition) is 2. The lowest BCUT2D eigenvalue weighted by molar-refractivity contribution is -0.0505. The first-order valence-corrected chi connectivity index (χ1v) is 25.8. The largest absolute Gasteiger partial charge is 0.377 e. The minimum Gasteiger partial charge on any atom is -0.377 e. The Morgan fingerprint density at radius 1 is 0.548 bits per heavy atom. The van der Waals surface area contributed by atoms with Crippen LogP contribution in [0.25, 0.3) is 44.6 Å². The first-order valence-electron chi connectivity index (χ1n) is 25.8. The van der Waals surface area contributed by atoms with E-state index in [0.717, 1.165) is 71.7 Å². The molecule has 0 aliphatic carbocycles. The summed E-state index contributed by atoms with van der Waals surface area (Å²) in [6.07, 6.45) is 3.41. The molecule has 8 heterocycles. The summed E-state index contributed by atoms with van der Waals surface area (Å²) in [5.41, 5.74) is 5.25. The number of hydrogen-bond acceptors (Lipinski definition) is 17. The highest BCUT2D eigenvalue weighted by molar-refractivity contribution is 5.97. The van der Waals surface area contributed by atoms with Gasteiger partial charge in [0, 0.05) is 67.6 Å². The molecule has 19 nitrogen and oxygen atoms in total. The molecule has 2 aromatic carbocycles. The molecule has 19 heteroatoms. The van der Waals surface area contributed by atoms with Gasteiger partial charge in [0.1, 0.15) is 18.4 Å². The van der Waals surface area contributed by atoms with Crippen LogP contribution in [0.5, 0.6) is 0 Å². The van der Waals surface area contributed by atoms with Gasteiger partial charge in [0.15, 0.2) is 11.3 Å². The van der Waals surface area contributed by atoms with Gasteiger partial charge in [-0.25, -0.2) is 9.97 Å². The number of morpholine rings is 3. The summed E-state index contributed by atoms with van der Waals surface area (Å²) in [6.45, 7) is 16.5. The second kappa shape index (κ2) is 23.1. The molecular weight excluding hydrogens is 929 g/mol. The van der Waals surface area contributed by atoms with Gasteiger partial charge in [0.2, 0.25) is 11.9 Å². The number of pyridine rings is 2. The smallest absolute Gasteiger partial charge is 0.251 e. The van der Waals surface area contributed by atoms with E-state index in [0.29, 0.717) is 92.2 Å². The van der Waals surface area contributed by atoms with Crippen LogP contribution in [-0.2, 0) is 23.7 Å². The lowest BCUT2D eigenvalue weighted by Gasteiger charge is -2.37. The molecule has 0 radical (unpaired) electrons. The van der Waals surface area contributed by atoms with Crippen molar-refractivity contribution >= 4 is 57.4 Å². The monoisotopic (exact) mass is 995 g/mol. The van der Waals surface area contributed by atoms with Crippen LogP contribution in [0.1, 0.15) is 67.7 Å². The molecule has 4 aliphatic heterocycles. The number of carbonyl (C=O) groups is 2. The molecule has 2 amide bonds. The van der Waals surface area contributed by atoms with Gasteiger partial charge >= 0.3 is 0 Å². The number of anilines is 4. The summed E-state index contributed by atoms with van der Waals surface area (Å²) in [6, 6.07) is 23.6. The summed E-state index contributed by atoms with van der Waals surface area (Å²) >= 11 is 0. The molecule has 0 unspecified atom stereocenters. The number of amides is 2. The van der Waals surface area contributed by atoms with Crippen LogP contribution in [0, 0.1) is 0 Å². The molecule has 4 atom stereocenters. The number of fused-ring (bicyclic) bond motifs is 2. The average Bonchev–Trinajstić information content (AvgIpc) is 3.42.